The van der Waals surface area contributed by atoms with Crippen molar-refractivity contribution >= 4 is 37.9 Å². The van der Waals surface area contributed by atoms with E-state index in [1.165, 1.54) is 71.3 Å². The molecule has 0 heteroatoms. The standard InChI is InChI=1S/C40H28/c1-2-12-31-26-32(25-20-27(31)10-1)40-37-17-7-5-15-35(37)39(36-16-6-8-18-38(36)40)30-23-21-29(22-24-30)34-19-9-13-28-11-3-4-14-33(28)34/h1-13,15-26,33H,14H2. The van der Waals surface area contributed by atoms with Crippen molar-refractivity contribution in [3.05, 3.63) is 163 Å². The number of hydrogen-bond donors (Lipinski definition) is 0. The summed E-state index contributed by atoms with van der Waals surface area (Å²) >= 11 is 0. The molecule has 1 atom stereocenters. The van der Waals surface area contributed by atoms with E-state index in [0.717, 1.165) is 6.42 Å². The molecule has 188 valence electrons. The van der Waals surface area contributed by atoms with Crippen molar-refractivity contribution in [3.63, 3.8) is 0 Å². The molecule has 0 N–H and O–H groups in total. The van der Waals surface area contributed by atoms with E-state index >= 15 is 0 Å². The van der Waals surface area contributed by atoms with Crippen molar-refractivity contribution in [2.45, 2.75) is 6.42 Å². The third-order valence-corrected chi connectivity index (χ3v) is 8.62. The van der Waals surface area contributed by atoms with Crippen LogP contribution in [-0.4, -0.2) is 0 Å². The smallest absolute Gasteiger partial charge is 0.0130 e. The zero-order valence-corrected chi connectivity index (χ0v) is 22.2. The van der Waals surface area contributed by atoms with Gasteiger partial charge in [-0.05, 0) is 83.8 Å². The molecule has 0 bridgehead atoms. The SMILES string of the molecule is C1=CCC2C(=C1)C=CC=C2c1ccc(-c2c3ccccc3c(-c3ccc4ccccc4c3)c3ccccc23)cc1. The molecule has 2 aliphatic carbocycles. The van der Waals surface area contributed by atoms with Gasteiger partial charge in [0.05, 0.1) is 0 Å². The maximum atomic E-state index is 2.34. The summed E-state index contributed by atoms with van der Waals surface area (Å²) in [6.45, 7) is 0. The molecule has 8 rings (SSSR count). The fourth-order valence-corrected chi connectivity index (χ4v) is 6.73. The van der Waals surface area contributed by atoms with Gasteiger partial charge in [0.25, 0.3) is 0 Å². The van der Waals surface area contributed by atoms with E-state index < -0.39 is 0 Å². The Hall–Kier alpha value is -4.94. The van der Waals surface area contributed by atoms with Gasteiger partial charge < -0.3 is 0 Å². The van der Waals surface area contributed by atoms with E-state index in [0.29, 0.717) is 5.92 Å². The van der Waals surface area contributed by atoms with Gasteiger partial charge in [0.1, 0.15) is 0 Å². The fraction of sp³-hybridized carbons (Fsp3) is 0.0500. The second-order valence-corrected chi connectivity index (χ2v) is 10.8. The van der Waals surface area contributed by atoms with Crippen LogP contribution in [0.2, 0.25) is 0 Å². The lowest BCUT2D eigenvalue weighted by molar-refractivity contribution is 0.801. The fourth-order valence-electron chi connectivity index (χ4n) is 6.73. The van der Waals surface area contributed by atoms with Crippen molar-refractivity contribution < 1.29 is 0 Å². The molecular formula is C40H28. The number of benzene rings is 6. The Kier molecular flexibility index (Phi) is 5.38. The van der Waals surface area contributed by atoms with Crippen LogP contribution in [0.1, 0.15) is 12.0 Å². The van der Waals surface area contributed by atoms with E-state index in [-0.39, 0.29) is 0 Å². The summed E-state index contributed by atoms with van der Waals surface area (Å²) in [6.07, 6.45) is 14.5. The van der Waals surface area contributed by atoms with Crippen molar-refractivity contribution in [2.75, 3.05) is 0 Å². The van der Waals surface area contributed by atoms with Crippen LogP contribution in [0.15, 0.2) is 157 Å². The van der Waals surface area contributed by atoms with Gasteiger partial charge in [0.15, 0.2) is 0 Å². The predicted molar refractivity (Wildman–Crippen MR) is 172 cm³/mol. The van der Waals surface area contributed by atoms with Gasteiger partial charge in [-0.1, -0.05) is 146 Å². The van der Waals surface area contributed by atoms with Gasteiger partial charge >= 0.3 is 0 Å². The molecule has 0 radical (unpaired) electrons. The highest BCUT2D eigenvalue weighted by Crippen LogP contribution is 2.45. The Bertz CT molecular complexity index is 2010. The molecule has 6 aromatic rings. The highest BCUT2D eigenvalue weighted by atomic mass is 14.3. The highest BCUT2D eigenvalue weighted by molar-refractivity contribution is 6.21. The first-order valence-corrected chi connectivity index (χ1v) is 14.1. The van der Waals surface area contributed by atoms with Crippen LogP contribution in [0, 0.1) is 5.92 Å². The van der Waals surface area contributed by atoms with E-state index in [9.17, 15) is 0 Å². The summed E-state index contributed by atoms with van der Waals surface area (Å²) in [5.41, 5.74) is 9.25. The minimum atomic E-state index is 0.448. The highest BCUT2D eigenvalue weighted by Gasteiger charge is 2.22. The van der Waals surface area contributed by atoms with Crippen LogP contribution >= 0.6 is 0 Å². The van der Waals surface area contributed by atoms with E-state index in [1.54, 1.807) is 0 Å². The Morgan fingerprint density at radius 2 is 1.05 bits per heavy atom. The summed E-state index contributed by atoms with van der Waals surface area (Å²) in [5, 5.41) is 7.70. The summed E-state index contributed by atoms with van der Waals surface area (Å²) in [5.74, 6) is 0.448. The van der Waals surface area contributed by atoms with Crippen molar-refractivity contribution in [1.82, 2.24) is 0 Å². The minimum absolute atomic E-state index is 0.448. The first-order valence-electron chi connectivity index (χ1n) is 14.1. The molecule has 1 unspecified atom stereocenters. The first-order chi connectivity index (χ1) is 19.8. The molecule has 0 saturated carbocycles. The third kappa shape index (κ3) is 3.68. The van der Waals surface area contributed by atoms with Gasteiger partial charge in [-0.3, -0.25) is 0 Å². The van der Waals surface area contributed by atoms with Crippen LogP contribution in [0.4, 0.5) is 0 Å². The summed E-state index contributed by atoms with van der Waals surface area (Å²) in [6, 6.07) is 42.6. The Morgan fingerprint density at radius 3 is 1.75 bits per heavy atom. The molecular weight excluding hydrogens is 480 g/mol. The molecule has 6 aromatic carbocycles. The van der Waals surface area contributed by atoms with Crippen LogP contribution in [0.25, 0.3) is 60.1 Å². The molecule has 0 aliphatic heterocycles. The zero-order chi connectivity index (χ0) is 26.5. The molecule has 0 heterocycles. The van der Waals surface area contributed by atoms with Crippen LogP contribution in [0.5, 0.6) is 0 Å². The quantitative estimate of drug-likeness (QED) is 0.209. The lowest BCUT2D eigenvalue weighted by Gasteiger charge is -2.25. The largest absolute Gasteiger partial charge is 0.0836 e. The van der Waals surface area contributed by atoms with E-state index in [1.807, 2.05) is 0 Å². The summed E-state index contributed by atoms with van der Waals surface area (Å²) < 4.78 is 0. The number of allylic oxidation sites excluding steroid dienone is 8. The molecule has 40 heavy (non-hydrogen) atoms. The van der Waals surface area contributed by atoms with Gasteiger partial charge in [-0.2, -0.15) is 0 Å². The molecule has 0 spiro atoms. The number of hydrogen-bond acceptors (Lipinski definition) is 0. The monoisotopic (exact) mass is 508 g/mol. The van der Waals surface area contributed by atoms with Gasteiger partial charge in [0.2, 0.25) is 0 Å². The van der Waals surface area contributed by atoms with Gasteiger partial charge in [-0.25, -0.2) is 0 Å². The zero-order valence-electron chi connectivity index (χ0n) is 22.2. The molecule has 2 aliphatic rings. The maximum Gasteiger partial charge on any atom is 0.0130 e. The Morgan fingerprint density at radius 1 is 0.475 bits per heavy atom. The summed E-state index contributed by atoms with van der Waals surface area (Å²) in [4.78, 5) is 0. The van der Waals surface area contributed by atoms with Crippen LogP contribution < -0.4 is 0 Å². The predicted octanol–water partition coefficient (Wildman–Crippen LogP) is 10.9. The minimum Gasteiger partial charge on any atom is -0.0836 e. The molecule has 0 nitrogen and oxygen atoms in total. The Balaban J connectivity index is 1.32. The second kappa shape index (κ2) is 9.36. The van der Waals surface area contributed by atoms with Crippen LogP contribution in [-0.2, 0) is 0 Å². The average molecular weight is 509 g/mol. The number of fused-ring (bicyclic) bond motifs is 4. The lowest BCUT2D eigenvalue weighted by Crippen LogP contribution is -2.09. The topological polar surface area (TPSA) is 0 Å². The third-order valence-electron chi connectivity index (χ3n) is 8.62. The summed E-state index contributed by atoms with van der Waals surface area (Å²) in [7, 11) is 0. The molecule has 0 saturated heterocycles. The maximum absolute atomic E-state index is 2.34. The normalized spacial score (nSPS) is 16.2. The number of rotatable bonds is 3. The van der Waals surface area contributed by atoms with Crippen molar-refractivity contribution in [2.24, 2.45) is 5.92 Å². The molecule has 0 aromatic heterocycles. The second-order valence-electron chi connectivity index (χ2n) is 10.8. The molecule has 0 amide bonds. The first kappa shape index (κ1) is 23.0. The van der Waals surface area contributed by atoms with Gasteiger partial charge in [-0.15, -0.1) is 0 Å². The van der Waals surface area contributed by atoms with E-state index in [4.69, 9.17) is 0 Å². The van der Waals surface area contributed by atoms with Crippen molar-refractivity contribution in [3.8, 4) is 22.3 Å². The van der Waals surface area contributed by atoms with Crippen molar-refractivity contribution in [1.29, 1.82) is 0 Å². The van der Waals surface area contributed by atoms with E-state index in [2.05, 4.69) is 152 Å². The lowest BCUT2D eigenvalue weighted by atomic mass is 9.78. The Labute approximate surface area is 234 Å². The molecule has 0 fully saturated rings. The van der Waals surface area contributed by atoms with Gasteiger partial charge in [0, 0.05) is 5.92 Å². The average Bonchev–Trinajstić information content (AvgIpc) is 3.03. The van der Waals surface area contributed by atoms with Crippen LogP contribution in [0.3, 0.4) is 0 Å².